The molecule has 6 heteroatoms. The molecule has 0 bridgehead atoms. The molecule has 2 aromatic rings. The molecule has 1 heterocycles. The van der Waals surface area contributed by atoms with Gasteiger partial charge in [0, 0.05) is 28.1 Å². The molecule has 2 aromatic carbocycles. The smallest absolute Gasteiger partial charge is 0.327 e. The molecule has 0 unspecified atom stereocenters. The second-order valence-electron chi connectivity index (χ2n) is 6.04. The molecular weight excluding hydrogens is 356 g/mol. The summed E-state index contributed by atoms with van der Waals surface area (Å²) < 4.78 is 12.0. The van der Waals surface area contributed by atoms with Crippen molar-refractivity contribution < 1.29 is 24.5 Å². The number of hydrogen-bond donors (Lipinski definition) is 2. The van der Waals surface area contributed by atoms with E-state index in [9.17, 15) is 9.90 Å². The zero-order valence-electron chi connectivity index (χ0n) is 13.9. The lowest BCUT2D eigenvalue weighted by atomic mass is 9.91. The van der Waals surface area contributed by atoms with Crippen LogP contribution in [0.4, 0.5) is 0 Å². The highest BCUT2D eigenvalue weighted by Crippen LogP contribution is 2.43. The lowest BCUT2D eigenvalue weighted by Crippen LogP contribution is -2.30. The van der Waals surface area contributed by atoms with Crippen LogP contribution in [-0.2, 0) is 14.3 Å². The number of allylic oxidation sites excluding steroid dienone is 1. The number of halogens is 1. The quantitative estimate of drug-likeness (QED) is 0.754. The van der Waals surface area contributed by atoms with Crippen molar-refractivity contribution in [2.75, 3.05) is 6.61 Å². The van der Waals surface area contributed by atoms with Crippen LogP contribution in [0.2, 0.25) is 5.02 Å². The predicted octanol–water partition coefficient (Wildman–Crippen LogP) is 4.48. The van der Waals surface area contributed by atoms with Crippen LogP contribution in [0.3, 0.4) is 0 Å². The Morgan fingerprint density at radius 3 is 2.54 bits per heavy atom. The van der Waals surface area contributed by atoms with Gasteiger partial charge in [-0.1, -0.05) is 54.1 Å². The Kier molecular flexibility index (Phi) is 5.93. The Morgan fingerprint density at radius 2 is 1.85 bits per heavy atom. The number of aromatic hydroxyl groups is 1. The lowest BCUT2D eigenvalue weighted by Gasteiger charge is -2.37. The second kappa shape index (κ2) is 8.36. The van der Waals surface area contributed by atoms with Gasteiger partial charge in [0.25, 0.3) is 0 Å². The van der Waals surface area contributed by atoms with Crippen LogP contribution in [0.25, 0.3) is 0 Å². The van der Waals surface area contributed by atoms with Crippen LogP contribution in [0.5, 0.6) is 5.75 Å². The standard InChI is InChI=1S/C20H19ClO5/c21-16-9-3-1-7-14(16)20-25-12-13(6-5-11-18(23)24)19(26-20)15-8-2-4-10-17(15)22/h1-5,7-11,13,19-20,22H,6,12H2,(H,23,24)/b11-5+/t13-,19+,20+/m1/s1. The van der Waals surface area contributed by atoms with Gasteiger partial charge >= 0.3 is 5.97 Å². The van der Waals surface area contributed by atoms with Crippen LogP contribution in [0.1, 0.15) is 29.9 Å². The average molecular weight is 375 g/mol. The van der Waals surface area contributed by atoms with Crippen LogP contribution in [-0.4, -0.2) is 22.8 Å². The van der Waals surface area contributed by atoms with Gasteiger partial charge in [-0.2, -0.15) is 0 Å². The highest BCUT2D eigenvalue weighted by molar-refractivity contribution is 6.31. The van der Waals surface area contributed by atoms with E-state index in [1.807, 2.05) is 24.3 Å². The van der Waals surface area contributed by atoms with Gasteiger partial charge in [-0.15, -0.1) is 0 Å². The molecule has 2 N–H and O–H groups in total. The predicted molar refractivity (Wildman–Crippen MR) is 97.0 cm³/mol. The molecule has 1 aliphatic rings. The summed E-state index contributed by atoms with van der Waals surface area (Å²) in [4.78, 5) is 10.7. The first-order valence-corrected chi connectivity index (χ1v) is 8.63. The molecule has 0 aliphatic carbocycles. The molecule has 0 spiro atoms. The van der Waals surface area contributed by atoms with Gasteiger partial charge in [-0.3, -0.25) is 0 Å². The summed E-state index contributed by atoms with van der Waals surface area (Å²) in [7, 11) is 0. The van der Waals surface area contributed by atoms with Crippen LogP contribution >= 0.6 is 11.6 Å². The number of ether oxygens (including phenoxy) is 2. The maximum atomic E-state index is 10.7. The number of phenols is 1. The van der Waals surface area contributed by atoms with E-state index in [-0.39, 0.29) is 11.7 Å². The maximum Gasteiger partial charge on any atom is 0.327 e. The van der Waals surface area contributed by atoms with Gasteiger partial charge < -0.3 is 19.7 Å². The molecule has 5 nitrogen and oxygen atoms in total. The van der Waals surface area contributed by atoms with E-state index in [1.54, 1.807) is 30.3 Å². The van der Waals surface area contributed by atoms with Crippen molar-refractivity contribution in [3.8, 4) is 5.75 Å². The third-order valence-electron chi connectivity index (χ3n) is 4.26. The van der Waals surface area contributed by atoms with E-state index in [4.69, 9.17) is 26.2 Å². The van der Waals surface area contributed by atoms with Gasteiger partial charge in [0.05, 0.1) is 12.7 Å². The third-order valence-corrected chi connectivity index (χ3v) is 4.61. The summed E-state index contributed by atoms with van der Waals surface area (Å²) in [5.74, 6) is -1.02. The highest BCUT2D eigenvalue weighted by Gasteiger charge is 2.35. The van der Waals surface area contributed by atoms with E-state index >= 15 is 0 Å². The summed E-state index contributed by atoms with van der Waals surface area (Å²) in [6, 6.07) is 14.2. The summed E-state index contributed by atoms with van der Waals surface area (Å²) in [6.07, 6.45) is 2.00. The molecule has 0 amide bonds. The summed E-state index contributed by atoms with van der Waals surface area (Å²) in [5, 5.41) is 19.6. The number of para-hydroxylation sites is 1. The fourth-order valence-electron chi connectivity index (χ4n) is 3.00. The molecule has 3 rings (SSSR count). The van der Waals surface area contributed by atoms with E-state index < -0.39 is 18.4 Å². The monoisotopic (exact) mass is 374 g/mol. The molecule has 0 radical (unpaired) electrons. The number of carbonyl (C=O) groups is 1. The minimum Gasteiger partial charge on any atom is -0.508 e. The zero-order valence-corrected chi connectivity index (χ0v) is 14.7. The Balaban J connectivity index is 1.87. The Hall–Kier alpha value is -2.34. The molecule has 0 aromatic heterocycles. The molecule has 26 heavy (non-hydrogen) atoms. The fraction of sp³-hybridized carbons (Fsp3) is 0.250. The van der Waals surface area contributed by atoms with Crippen LogP contribution in [0.15, 0.2) is 60.7 Å². The normalized spacial score (nSPS) is 23.2. The third kappa shape index (κ3) is 4.25. The topological polar surface area (TPSA) is 76.0 Å². The van der Waals surface area contributed by atoms with Crippen molar-refractivity contribution in [2.45, 2.75) is 18.8 Å². The first-order valence-electron chi connectivity index (χ1n) is 8.25. The van der Waals surface area contributed by atoms with Crippen molar-refractivity contribution in [1.29, 1.82) is 0 Å². The highest BCUT2D eigenvalue weighted by atomic mass is 35.5. The number of aliphatic carboxylic acids is 1. The number of carboxylic acid groups (broad SMARTS) is 1. The molecular formula is C20H19ClO5. The Morgan fingerprint density at radius 1 is 1.15 bits per heavy atom. The largest absolute Gasteiger partial charge is 0.508 e. The molecule has 1 saturated heterocycles. The van der Waals surface area contributed by atoms with Crippen molar-refractivity contribution in [2.24, 2.45) is 5.92 Å². The van der Waals surface area contributed by atoms with Crippen molar-refractivity contribution in [3.63, 3.8) is 0 Å². The van der Waals surface area contributed by atoms with E-state index in [0.717, 1.165) is 6.08 Å². The Bertz CT molecular complexity index is 804. The van der Waals surface area contributed by atoms with Crippen molar-refractivity contribution >= 4 is 17.6 Å². The summed E-state index contributed by atoms with van der Waals surface area (Å²) in [5.41, 5.74) is 1.36. The molecule has 0 saturated carbocycles. The fourth-order valence-corrected chi connectivity index (χ4v) is 3.23. The van der Waals surface area contributed by atoms with E-state index in [1.165, 1.54) is 0 Å². The maximum absolute atomic E-state index is 10.7. The van der Waals surface area contributed by atoms with Gasteiger partial charge in [-0.25, -0.2) is 4.79 Å². The van der Waals surface area contributed by atoms with E-state index in [2.05, 4.69) is 0 Å². The lowest BCUT2D eigenvalue weighted by molar-refractivity contribution is -0.244. The number of carboxylic acids is 1. The minimum absolute atomic E-state index is 0.129. The van der Waals surface area contributed by atoms with Gasteiger partial charge in [0.15, 0.2) is 6.29 Å². The van der Waals surface area contributed by atoms with E-state index in [0.29, 0.717) is 29.2 Å². The van der Waals surface area contributed by atoms with Gasteiger partial charge in [0.2, 0.25) is 0 Å². The molecule has 1 aliphatic heterocycles. The molecule has 1 fully saturated rings. The molecule has 3 atom stereocenters. The minimum atomic E-state index is -1.00. The van der Waals surface area contributed by atoms with Gasteiger partial charge in [-0.05, 0) is 18.6 Å². The summed E-state index contributed by atoms with van der Waals surface area (Å²) >= 11 is 6.25. The van der Waals surface area contributed by atoms with Gasteiger partial charge in [0.1, 0.15) is 5.75 Å². The number of phenolic OH excluding ortho intramolecular Hbond substituents is 1. The van der Waals surface area contributed by atoms with Crippen LogP contribution in [0, 0.1) is 5.92 Å². The number of hydrogen-bond acceptors (Lipinski definition) is 4. The van der Waals surface area contributed by atoms with Crippen molar-refractivity contribution in [1.82, 2.24) is 0 Å². The molecule has 136 valence electrons. The average Bonchev–Trinajstić information content (AvgIpc) is 2.63. The summed E-state index contributed by atoms with van der Waals surface area (Å²) in [6.45, 7) is 0.346. The van der Waals surface area contributed by atoms with Crippen molar-refractivity contribution in [3.05, 3.63) is 76.8 Å². The number of benzene rings is 2. The zero-order chi connectivity index (χ0) is 18.5. The Labute approximate surface area is 156 Å². The first-order chi connectivity index (χ1) is 12.6. The SMILES string of the molecule is O=C(O)/C=C/C[C@@H]1CO[C@H](c2ccccc2Cl)O[C@@H]1c1ccccc1O. The second-order valence-corrected chi connectivity index (χ2v) is 6.45. The number of rotatable bonds is 5. The van der Waals surface area contributed by atoms with Crippen LogP contribution < -0.4 is 0 Å². The first kappa shape index (κ1) is 18.5.